The molecule has 0 bridgehead atoms. The lowest BCUT2D eigenvalue weighted by atomic mass is 10.1. The molecule has 126 valence electrons. The third-order valence-corrected chi connectivity index (χ3v) is 3.03. The predicted molar refractivity (Wildman–Crippen MR) is 92.7 cm³/mol. The maximum Gasteiger partial charge on any atom is 0.269 e. The van der Waals surface area contributed by atoms with Crippen LogP contribution in [-0.2, 0) is 22.4 Å². The number of non-ortho nitro benzene ring substituents is 1. The summed E-state index contributed by atoms with van der Waals surface area (Å²) in [7, 11) is 0. The summed E-state index contributed by atoms with van der Waals surface area (Å²) < 4.78 is 0. The molecule has 0 aliphatic rings. The number of nitro benzene ring substituents is 1. The third kappa shape index (κ3) is 7.31. The summed E-state index contributed by atoms with van der Waals surface area (Å²) in [5, 5.41) is 10.3. The Labute approximate surface area is 140 Å². The van der Waals surface area contributed by atoms with Crippen LogP contribution in [0, 0.1) is 10.1 Å². The Hall–Kier alpha value is -3.02. The Morgan fingerprint density at radius 3 is 1.58 bits per heavy atom. The Morgan fingerprint density at radius 1 is 0.875 bits per heavy atom. The predicted octanol–water partition coefficient (Wildman–Crippen LogP) is 3.13. The second-order valence-electron chi connectivity index (χ2n) is 5.42. The largest absolute Gasteiger partial charge is 0.399 e. The number of nitrogens with two attached hydrogens (primary N) is 1. The summed E-state index contributed by atoms with van der Waals surface area (Å²) in [5.41, 5.74) is 8.08. The molecule has 0 aromatic heterocycles. The van der Waals surface area contributed by atoms with Gasteiger partial charge in [-0.15, -0.1) is 0 Å². The summed E-state index contributed by atoms with van der Waals surface area (Å²) in [6, 6.07) is 13.3. The van der Waals surface area contributed by atoms with Crippen molar-refractivity contribution in [2.75, 3.05) is 5.73 Å². The fourth-order valence-corrected chi connectivity index (χ4v) is 1.95. The highest BCUT2D eigenvalue weighted by molar-refractivity contribution is 5.78. The molecule has 6 nitrogen and oxygen atoms in total. The standard InChI is InChI=1S/C9H9NO3.C9H11NO/c1-7(11)6-8-2-4-9(5-3-8)10(12)13;1-7(11)6-8-2-4-9(10)5-3-8/h2-5H,6H2,1H3;2-5H,6,10H2,1H3. The molecule has 0 aliphatic heterocycles. The molecule has 0 saturated carbocycles. The van der Waals surface area contributed by atoms with Crippen LogP contribution in [0.15, 0.2) is 48.5 Å². The lowest BCUT2D eigenvalue weighted by molar-refractivity contribution is -0.384. The van der Waals surface area contributed by atoms with Crippen LogP contribution in [-0.4, -0.2) is 16.5 Å². The van der Waals surface area contributed by atoms with Crippen LogP contribution in [0.1, 0.15) is 25.0 Å². The molecule has 0 atom stereocenters. The number of ketones is 2. The average Bonchev–Trinajstić information content (AvgIpc) is 2.50. The van der Waals surface area contributed by atoms with E-state index in [1.165, 1.54) is 19.1 Å². The third-order valence-electron chi connectivity index (χ3n) is 3.03. The number of benzene rings is 2. The zero-order valence-corrected chi connectivity index (χ0v) is 13.7. The first-order chi connectivity index (χ1) is 11.3. The van der Waals surface area contributed by atoms with Gasteiger partial charge in [-0.3, -0.25) is 19.7 Å². The number of nitrogens with zero attached hydrogens (tertiary/aromatic N) is 1. The van der Waals surface area contributed by atoms with E-state index >= 15 is 0 Å². The maximum absolute atomic E-state index is 10.7. The molecule has 0 spiro atoms. The molecule has 24 heavy (non-hydrogen) atoms. The van der Waals surface area contributed by atoms with Crippen LogP contribution >= 0.6 is 0 Å². The van der Waals surface area contributed by atoms with E-state index in [2.05, 4.69) is 0 Å². The van der Waals surface area contributed by atoms with Gasteiger partial charge in [0, 0.05) is 30.7 Å². The number of carbonyl (C=O) groups excluding carboxylic acids is 2. The molecule has 0 saturated heterocycles. The Kier molecular flexibility index (Phi) is 7.29. The highest BCUT2D eigenvalue weighted by atomic mass is 16.6. The SMILES string of the molecule is CC(=O)Cc1ccc(N)cc1.CC(=O)Cc1ccc([N+](=O)[O-])cc1. The van der Waals surface area contributed by atoms with Gasteiger partial charge in [0.25, 0.3) is 5.69 Å². The number of hydrogen-bond acceptors (Lipinski definition) is 5. The molecule has 2 N–H and O–H groups in total. The van der Waals surface area contributed by atoms with Gasteiger partial charge in [-0.2, -0.15) is 0 Å². The molecular weight excluding hydrogens is 308 g/mol. The smallest absolute Gasteiger partial charge is 0.269 e. The molecule has 2 aromatic rings. The molecule has 0 amide bonds. The van der Waals surface area contributed by atoms with Crippen molar-refractivity contribution in [1.29, 1.82) is 0 Å². The first kappa shape index (κ1) is 19.0. The van der Waals surface area contributed by atoms with Gasteiger partial charge in [0.1, 0.15) is 11.6 Å². The fraction of sp³-hybridized carbons (Fsp3) is 0.222. The van der Waals surface area contributed by atoms with Crippen LogP contribution in [0.25, 0.3) is 0 Å². The van der Waals surface area contributed by atoms with Gasteiger partial charge in [0.2, 0.25) is 0 Å². The number of nitrogen functional groups attached to an aromatic ring is 1. The number of rotatable bonds is 5. The molecule has 0 radical (unpaired) electrons. The summed E-state index contributed by atoms with van der Waals surface area (Å²) in [4.78, 5) is 31.2. The van der Waals surface area contributed by atoms with E-state index in [1.54, 1.807) is 31.2 Å². The monoisotopic (exact) mass is 328 g/mol. The lowest BCUT2D eigenvalue weighted by Crippen LogP contribution is -1.96. The summed E-state index contributed by atoms with van der Waals surface area (Å²) in [6.45, 7) is 3.07. The normalized spacial score (nSPS) is 9.58. The molecule has 0 fully saturated rings. The van der Waals surface area contributed by atoms with E-state index in [-0.39, 0.29) is 17.3 Å². The van der Waals surface area contributed by atoms with Crippen LogP contribution < -0.4 is 5.73 Å². The van der Waals surface area contributed by atoms with Crippen LogP contribution in [0.5, 0.6) is 0 Å². The van der Waals surface area contributed by atoms with E-state index < -0.39 is 4.92 Å². The van der Waals surface area contributed by atoms with Crippen molar-refractivity contribution in [3.05, 3.63) is 69.8 Å². The summed E-state index contributed by atoms with van der Waals surface area (Å²) >= 11 is 0. The first-order valence-electron chi connectivity index (χ1n) is 7.34. The van der Waals surface area contributed by atoms with Crippen molar-refractivity contribution in [3.63, 3.8) is 0 Å². The minimum Gasteiger partial charge on any atom is -0.399 e. The Bertz CT molecular complexity index is 707. The van der Waals surface area contributed by atoms with Gasteiger partial charge in [0.15, 0.2) is 0 Å². The molecule has 0 heterocycles. The van der Waals surface area contributed by atoms with Gasteiger partial charge >= 0.3 is 0 Å². The number of carbonyl (C=O) groups is 2. The van der Waals surface area contributed by atoms with Crippen LogP contribution in [0.3, 0.4) is 0 Å². The van der Waals surface area contributed by atoms with Gasteiger partial charge in [-0.25, -0.2) is 0 Å². The van der Waals surface area contributed by atoms with Gasteiger partial charge < -0.3 is 5.73 Å². The van der Waals surface area contributed by atoms with Gasteiger partial charge in [-0.05, 0) is 37.1 Å². The second-order valence-corrected chi connectivity index (χ2v) is 5.42. The van der Waals surface area contributed by atoms with E-state index in [1.807, 2.05) is 12.1 Å². The van der Waals surface area contributed by atoms with E-state index in [0.717, 1.165) is 16.8 Å². The van der Waals surface area contributed by atoms with Gasteiger partial charge in [-0.1, -0.05) is 24.3 Å². The Balaban J connectivity index is 0.000000243. The zero-order valence-electron chi connectivity index (χ0n) is 13.7. The van der Waals surface area contributed by atoms with E-state index in [0.29, 0.717) is 12.8 Å². The molecular formula is C18H20N2O4. The molecule has 2 aromatic carbocycles. The van der Waals surface area contributed by atoms with Crippen molar-refractivity contribution in [2.45, 2.75) is 26.7 Å². The van der Waals surface area contributed by atoms with E-state index in [4.69, 9.17) is 5.73 Å². The number of nitro groups is 1. The number of anilines is 1. The molecule has 6 heteroatoms. The van der Waals surface area contributed by atoms with Crippen LogP contribution in [0.4, 0.5) is 11.4 Å². The molecule has 0 aliphatic carbocycles. The summed E-state index contributed by atoms with van der Waals surface area (Å²) in [6.07, 6.45) is 0.832. The zero-order chi connectivity index (χ0) is 18.1. The molecule has 0 unspecified atom stereocenters. The Morgan fingerprint density at radius 2 is 1.25 bits per heavy atom. The van der Waals surface area contributed by atoms with Crippen molar-refractivity contribution >= 4 is 22.9 Å². The highest BCUT2D eigenvalue weighted by Crippen LogP contribution is 2.12. The fourth-order valence-electron chi connectivity index (χ4n) is 1.95. The second kappa shape index (κ2) is 9.19. The van der Waals surface area contributed by atoms with E-state index in [9.17, 15) is 19.7 Å². The number of hydrogen-bond donors (Lipinski definition) is 1. The van der Waals surface area contributed by atoms with Gasteiger partial charge in [0.05, 0.1) is 4.92 Å². The van der Waals surface area contributed by atoms with Crippen molar-refractivity contribution < 1.29 is 14.5 Å². The highest BCUT2D eigenvalue weighted by Gasteiger charge is 2.04. The van der Waals surface area contributed by atoms with Crippen molar-refractivity contribution in [3.8, 4) is 0 Å². The average molecular weight is 328 g/mol. The lowest BCUT2D eigenvalue weighted by Gasteiger charge is -1.96. The maximum atomic E-state index is 10.7. The topological polar surface area (TPSA) is 103 Å². The first-order valence-corrected chi connectivity index (χ1v) is 7.34. The minimum atomic E-state index is -0.461. The minimum absolute atomic E-state index is 0.0484. The quantitative estimate of drug-likeness (QED) is 0.516. The number of Topliss-reactive ketones (excluding diaryl/α,β-unsaturated/α-hetero) is 2. The molecule has 2 rings (SSSR count). The van der Waals surface area contributed by atoms with Crippen molar-refractivity contribution in [1.82, 2.24) is 0 Å². The summed E-state index contributed by atoms with van der Waals surface area (Å²) in [5.74, 6) is 0.226. The van der Waals surface area contributed by atoms with Crippen LogP contribution in [0.2, 0.25) is 0 Å². The van der Waals surface area contributed by atoms with Crippen molar-refractivity contribution in [2.24, 2.45) is 0 Å².